The highest BCUT2D eigenvalue weighted by Crippen LogP contribution is 2.27. The number of nitrogens with zero attached hydrogens (tertiary/aromatic N) is 1. The summed E-state index contributed by atoms with van der Waals surface area (Å²) in [4.78, 5) is 14.8. The molecule has 0 aliphatic carbocycles. The van der Waals surface area contributed by atoms with Crippen molar-refractivity contribution in [3.8, 4) is 11.5 Å². The van der Waals surface area contributed by atoms with Crippen molar-refractivity contribution in [3.63, 3.8) is 0 Å². The molecule has 26 heavy (non-hydrogen) atoms. The number of amides is 1. The largest absolute Gasteiger partial charge is 0.497 e. The predicted molar refractivity (Wildman–Crippen MR) is 102 cm³/mol. The third-order valence-corrected chi connectivity index (χ3v) is 4.62. The monoisotopic (exact) mass is 356 g/mol. The first-order valence-corrected chi connectivity index (χ1v) is 8.55. The van der Waals surface area contributed by atoms with E-state index in [9.17, 15) is 4.79 Å². The number of ether oxygens (including phenoxy) is 3. The van der Waals surface area contributed by atoms with Gasteiger partial charge in [-0.1, -0.05) is 0 Å². The zero-order chi connectivity index (χ0) is 18.5. The molecule has 1 heterocycles. The average Bonchev–Trinajstić information content (AvgIpc) is 3.17. The first kappa shape index (κ1) is 18.1. The van der Waals surface area contributed by atoms with Crippen molar-refractivity contribution < 1.29 is 19.0 Å². The number of methoxy groups -OCH3 is 3. The van der Waals surface area contributed by atoms with E-state index in [0.717, 1.165) is 30.9 Å². The summed E-state index contributed by atoms with van der Waals surface area (Å²) in [6, 6.07) is 13.0. The molecule has 6 heteroatoms. The zero-order valence-corrected chi connectivity index (χ0v) is 15.3. The minimum atomic E-state index is -0.224. The smallest absolute Gasteiger partial charge is 0.259 e. The molecule has 0 bridgehead atoms. The van der Waals surface area contributed by atoms with E-state index in [1.807, 2.05) is 24.3 Å². The lowest BCUT2D eigenvalue weighted by molar-refractivity contribution is 0.102. The van der Waals surface area contributed by atoms with Crippen molar-refractivity contribution in [2.45, 2.75) is 12.5 Å². The van der Waals surface area contributed by atoms with Crippen molar-refractivity contribution >= 4 is 17.3 Å². The molecule has 138 valence electrons. The quantitative estimate of drug-likeness (QED) is 0.861. The van der Waals surface area contributed by atoms with Crippen molar-refractivity contribution in [1.29, 1.82) is 0 Å². The van der Waals surface area contributed by atoms with Crippen LogP contribution in [0.25, 0.3) is 0 Å². The number of benzene rings is 2. The summed E-state index contributed by atoms with van der Waals surface area (Å²) in [6.07, 6.45) is 1.32. The highest BCUT2D eigenvalue weighted by molar-refractivity contribution is 6.06. The molecule has 1 atom stereocenters. The summed E-state index contributed by atoms with van der Waals surface area (Å²) >= 11 is 0. The molecule has 0 aromatic heterocycles. The van der Waals surface area contributed by atoms with E-state index in [1.165, 1.54) is 7.11 Å². The van der Waals surface area contributed by atoms with Gasteiger partial charge in [-0.15, -0.1) is 0 Å². The summed E-state index contributed by atoms with van der Waals surface area (Å²) in [6.45, 7) is 1.87. The van der Waals surface area contributed by atoms with Crippen molar-refractivity contribution in [3.05, 3.63) is 48.0 Å². The van der Waals surface area contributed by atoms with Gasteiger partial charge < -0.3 is 24.4 Å². The molecule has 2 aromatic rings. The Hall–Kier alpha value is -2.73. The van der Waals surface area contributed by atoms with Gasteiger partial charge in [-0.3, -0.25) is 4.79 Å². The van der Waals surface area contributed by atoms with E-state index in [4.69, 9.17) is 14.2 Å². The fourth-order valence-electron chi connectivity index (χ4n) is 3.10. The first-order valence-electron chi connectivity index (χ1n) is 8.55. The number of anilines is 2. The van der Waals surface area contributed by atoms with Crippen LogP contribution in [0.15, 0.2) is 42.5 Å². The summed E-state index contributed by atoms with van der Waals surface area (Å²) < 4.78 is 15.9. The molecule has 1 aliphatic heterocycles. The molecule has 0 radical (unpaired) electrons. The summed E-state index contributed by atoms with van der Waals surface area (Å²) in [5.41, 5.74) is 2.32. The van der Waals surface area contributed by atoms with Crippen LogP contribution in [0.2, 0.25) is 0 Å². The lowest BCUT2D eigenvalue weighted by atomic mass is 10.1. The Morgan fingerprint density at radius 1 is 1.08 bits per heavy atom. The molecule has 0 spiro atoms. The number of hydrogen-bond acceptors (Lipinski definition) is 5. The van der Waals surface area contributed by atoms with Crippen molar-refractivity contribution in [2.24, 2.45) is 0 Å². The number of carbonyl (C=O) groups is 1. The number of carbonyl (C=O) groups excluding carboxylic acids is 1. The lowest BCUT2D eigenvalue weighted by Gasteiger charge is -2.18. The summed E-state index contributed by atoms with van der Waals surface area (Å²) in [5, 5.41) is 2.91. The van der Waals surface area contributed by atoms with Gasteiger partial charge in [-0.2, -0.15) is 0 Å². The Kier molecular flexibility index (Phi) is 5.63. The fourth-order valence-corrected chi connectivity index (χ4v) is 3.10. The van der Waals surface area contributed by atoms with Crippen LogP contribution in [0.3, 0.4) is 0 Å². The molecule has 6 nitrogen and oxygen atoms in total. The van der Waals surface area contributed by atoms with Crippen LogP contribution in [0.5, 0.6) is 11.5 Å². The van der Waals surface area contributed by atoms with E-state index in [0.29, 0.717) is 17.1 Å². The van der Waals surface area contributed by atoms with E-state index in [1.54, 1.807) is 32.4 Å². The minimum absolute atomic E-state index is 0.224. The second kappa shape index (κ2) is 8.10. The van der Waals surface area contributed by atoms with Gasteiger partial charge in [0.05, 0.1) is 25.9 Å². The highest BCUT2D eigenvalue weighted by Gasteiger charge is 2.22. The SMILES string of the molecule is COc1ccc(C(=O)Nc2ccc(N3CC[C@H](OC)C3)cc2)c(OC)c1. The van der Waals surface area contributed by atoms with Crippen LogP contribution in [0.4, 0.5) is 11.4 Å². The standard InChI is InChI=1S/C20H24N2O4/c1-24-16-8-9-18(19(12-16)26-3)20(23)21-14-4-6-15(7-5-14)22-11-10-17(13-22)25-2/h4-9,12,17H,10-11,13H2,1-3H3,(H,21,23)/t17-/m0/s1. The summed E-state index contributed by atoms with van der Waals surface area (Å²) in [5.74, 6) is 0.891. The van der Waals surface area contributed by atoms with Crippen LogP contribution < -0.4 is 19.7 Å². The third-order valence-electron chi connectivity index (χ3n) is 4.62. The number of nitrogens with one attached hydrogen (secondary N) is 1. The Balaban J connectivity index is 1.68. The molecule has 0 saturated carbocycles. The van der Waals surface area contributed by atoms with Crippen LogP contribution in [0.1, 0.15) is 16.8 Å². The molecule has 1 fully saturated rings. The van der Waals surface area contributed by atoms with Gasteiger partial charge in [0.25, 0.3) is 5.91 Å². The number of rotatable bonds is 6. The fraction of sp³-hybridized carbons (Fsp3) is 0.350. The van der Waals surface area contributed by atoms with Crippen molar-refractivity contribution in [2.75, 3.05) is 44.6 Å². The number of hydrogen-bond donors (Lipinski definition) is 1. The van der Waals surface area contributed by atoms with Gasteiger partial charge in [0.1, 0.15) is 11.5 Å². The lowest BCUT2D eigenvalue weighted by Crippen LogP contribution is -2.22. The predicted octanol–water partition coefficient (Wildman–Crippen LogP) is 3.18. The second-order valence-electron chi connectivity index (χ2n) is 6.16. The van der Waals surface area contributed by atoms with Gasteiger partial charge in [-0.25, -0.2) is 0 Å². The van der Waals surface area contributed by atoms with E-state index in [-0.39, 0.29) is 12.0 Å². The second-order valence-corrected chi connectivity index (χ2v) is 6.16. The normalized spacial score (nSPS) is 16.4. The van der Waals surface area contributed by atoms with E-state index < -0.39 is 0 Å². The maximum absolute atomic E-state index is 12.6. The molecule has 1 aliphatic rings. The topological polar surface area (TPSA) is 60.0 Å². The first-order chi connectivity index (χ1) is 12.6. The molecule has 1 N–H and O–H groups in total. The van der Waals surface area contributed by atoms with Gasteiger partial charge in [0, 0.05) is 37.6 Å². The zero-order valence-electron chi connectivity index (χ0n) is 15.3. The van der Waals surface area contributed by atoms with Crippen LogP contribution in [-0.2, 0) is 4.74 Å². The Morgan fingerprint density at radius 3 is 2.46 bits per heavy atom. The molecule has 0 unspecified atom stereocenters. The Morgan fingerprint density at radius 2 is 1.85 bits per heavy atom. The molecule has 3 rings (SSSR count). The average molecular weight is 356 g/mol. The third kappa shape index (κ3) is 3.91. The Labute approximate surface area is 153 Å². The van der Waals surface area contributed by atoms with Crippen LogP contribution >= 0.6 is 0 Å². The van der Waals surface area contributed by atoms with E-state index in [2.05, 4.69) is 10.2 Å². The summed E-state index contributed by atoms with van der Waals surface area (Å²) in [7, 11) is 4.86. The molecule has 1 amide bonds. The molecular formula is C20H24N2O4. The minimum Gasteiger partial charge on any atom is -0.497 e. The maximum Gasteiger partial charge on any atom is 0.259 e. The highest BCUT2D eigenvalue weighted by atomic mass is 16.5. The van der Waals surface area contributed by atoms with Gasteiger partial charge in [-0.05, 0) is 42.8 Å². The van der Waals surface area contributed by atoms with Gasteiger partial charge >= 0.3 is 0 Å². The van der Waals surface area contributed by atoms with Gasteiger partial charge in [0.15, 0.2) is 0 Å². The van der Waals surface area contributed by atoms with E-state index >= 15 is 0 Å². The molecule has 2 aromatic carbocycles. The van der Waals surface area contributed by atoms with Gasteiger partial charge in [0.2, 0.25) is 0 Å². The molecule has 1 saturated heterocycles. The van der Waals surface area contributed by atoms with Crippen molar-refractivity contribution in [1.82, 2.24) is 0 Å². The maximum atomic E-state index is 12.6. The Bertz CT molecular complexity index is 761. The van der Waals surface area contributed by atoms with Crippen LogP contribution in [-0.4, -0.2) is 46.4 Å². The van der Waals surface area contributed by atoms with Crippen LogP contribution in [0, 0.1) is 0 Å². The molecular weight excluding hydrogens is 332 g/mol.